The van der Waals surface area contributed by atoms with E-state index in [4.69, 9.17) is 5.11 Å². The van der Waals surface area contributed by atoms with Gasteiger partial charge in [0, 0.05) is 32.7 Å². The summed E-state index contributed by atoms with van der Waals surface area (Å²) in [5.41, 5.74) is 3.97. The first-order valence-corrected chi connectivity index (χ1v) is 62.3. The summed E-state index contributed by atoms with van der Waals surface area (Å²) in [4.78, 5) is 22.5. The molecule has 0 aromatic carbocycles. The van der Waals surface area contributed by atoms with Gasteiger partial charge in [-0.1, -0.05) is 235 Å². The fourth-order valence-electron chi connectivity index (χ4n) is 47.7. The van der Waals surface area contributed by atoms with Crippen molar-refractivity contribution in [1.82, 2.24) is 0 Å². The summed E-state index contributed by atoms with van der Waals surface area (Å²) in [7, 11) is 0. The third-order valence-electron chi connectivity index (χ3n) is 54.0. The Morgan fingerprint density at radius 2 is 0.443 bits per heavy atom. The van der Waals surface area contributed by atoms with E-state index in [-0.39, 0.29) is 47.3 Å². The molecule has 0 aromatic rings. The zero-order chi connectivity index (χ0) is 101. The molecule has 15 unspecified atom stereocenters. The first-order valence-electron chi connectivity index (χ1n) is 62.3. The van der Waals surface area contributed by atoms with Crippen LogP contribution in [0.1, 0.15) is 479 Å². The second-order valence-corrected chi connectivity index (χ2v) is 58.4. The van der Waals surface area contributed by atoms with E-state index in [2.05, 4.69) is 138 Å². The first kappa shape index (κ1) is 111. The highest BCUT2D eigenvalue weighted by atomic mass is 16.4. The fraction of sp³-hybridized carbons (Fsp3) is 0.984. The molecule has 20 aliphatic rings. The van der Waals surface area contributed by atoms with Gasteiger partial charge in [0.05, 0.1) is 30.5 Å². The highest BCUT2D eigenvalue weighted by molar-refractivity contribution is 5.67. The molecule has 0 radical (unpaired) electrons. The summed E-state index contributed by atoms with van der Waals surface area (Å²) in [6.45, 7) is 50.0. The topological polar surface area (TPSA) is 236 Å². The van der Waals surface area contributed by atoms with Crippen molar-refractivity contribution in [2.24, 2.45) is 261 Å². The van der Waals surface area contributed by atoms with Crippen molar-refractivity contribution in [3.63, 3.8) is 0 Å². The summed E-state index contributed by atoms with van der Waals surface area (Å²) in [5.74, 6) is 20.5. The minimum atomic E-state index is -0.662. The van der Waals surface area contributed by atoms with Gasteiger partial charge in [0.15, 0.2) is 0 Å². The van der Waals surface area contributed by atoms with Crippen molar-refractivity contribution in [3.8, 4) is 0 Å². The molecule has 806 valence electrons. The van der Waals surface area contributed by atoms with Crippen LogP contribution in [0.15, 0.2) is 0 Å². The van der Waals surface area contributed by atoms with Crippen molar-refractivity contribution >= 4 is 11.9 Å². The van der Waals surface area contributed by atoms with E-state index in [0.29, 0.717) is 212 Å². The van der Waals surface area contributed by atoms with Crippen molar-refractivity contribution in [2.75, 3.05) is 19.8 Å². The molecule has 0 spiro atoms. The van der Waals surface area contributed by atoms with Crippen molar-refractivity contribution < 1.29 is 60.7 Å². The minimum absolute atomic E-state index is 0.0673. The van der Waals surface area contributed by atoms with E-state index >= 15 is 0 Å². The third kappa shape index (κ3) is 19.0. The van der Waals surface area contributed by atoms with Crippen LogP contribution in [0.3, 0.4) is 0 Å². The normalized spacial score (nSPS) is 51.8. The van der Waals surface area contributed by atoms with Crippen LogP contribution in [0.5, 0.6) is 0 Å². The second-order valence-electron chi connectivity index (χ2n) is 58.4. The van der Waals surface area contributed by atoms with E-state index < -0.39 is 11.9 Å². The number of hydrogen-bond donors (Lipinski definition) is 10. The van der Waals surface area contributed by atoms with Crippen LogP contribution in [0.2, 0.25) is 0 Å². The second kappa shape index (κ2) is 44.4. The number of carboxylic acid groups (broad SMARTS) is 2. The predicted octanol–water partition coefficient (Wildman–Crippen LogP) is 29.7. The Balaban J connectivity index is 0.000000126. The lowest BCUT2D eigenvalue weighted by atomic mass is 9.41. The molecule has 20 saturated carbocycles. The Morgan fingerprint density at radius 3 is 0.643 bits per heavy atom. The Labute approximate surface area is 857 Å². The average Bonchev–Trinajstić information content (AvgIpc) is 1.42. The van der Waals surface area contributed by atoms with E-state index in [1.54, 1.807) is 0 Å². The van der Waals surface area contributed by atoms with Gasteiger partial charge in [0.2, 0.25) is 0 Å². The first-order chi connectivity index (χ1) is 66.6. The van der Waals surface area contributed by atoms with Crippen LogP contribution in [0.4, 0.5) is 0 Å². The molecule has 50 atom stereocenters. The van der Waals surface area contributed by atoms with Crippen molar-refractivity contribution in [1.29, 1.82) is 0 Å². The molecule has 12 heteroatoms. The lowest BCUT2D eigenvalue weighted by Gasteiger charge is -2.64. The molecule has 12 nitrogen and oxygen atoms in total. The summed E-state index contributed by atoms with van der Waals surface area (Å²) in [6.07, 6.45) is 65.2. The maximum Gasteiger partial charge on any atom is 0.303 e. The Morgan fingerprint density at radius 1 is 0.236 bits per heavy atom. The van der Waals surface area contributed by atoms with Crippen molar-refractivity contribution in [3.05, 3.63) is 0 Å². The third-order valence-corrected chi connectivity index (χ3v) is 54.0. The predicted molar refractivity (Wildman–Crippen MR) is 571 cm³/mol. The number of fused-ring (bicyclic) bond motifs is 25. The molecule has 0 amide bonds. The van der Waals surface area contributed by atoms with Gasteiger partial charge in [-0.15, -0.1) is 0 Å². The quantitative estimate of drug-likeness (QED) is 0.0460. The summed E-state index contributed by atoms with van der Waals surface area (Å²) >= 11 is 0. The Bertz CT molecular complexity index is 3900. The molecular formula is C128H222O12. The molecule has 20 fully saturated rings. The number of carboxylic acids is 2. The van der Waals surface area contributed by atoms with Gasteiger partial charge in [0.25, 0.3) is 0 Å². The molecule has 0 aromatic heterocycles. The summed E-state index contributed by atoms with van der Waals surface area (Å²) in [6, 6.07) is 0. The molecule has 20 rings (SSSR count). The van der Waals surface area contributed by atoms with Crippen LogP contribution >= 0.6 is 0 Å². The number of aliphatic carboxylic acids is 2. The van der Waals surface area contributed by atoms with Crippen LogP contribution in [0, 0.1) is 261 Å². The minimum Gasteiger partial charge on any atom is -0.481 e. The number of aliphatic hydroxyl groups excluding tert-OH is 8. The van der Waals surface area contributed by atoms with E-state index in [0.717, 1.165) is 142 Å². The van der Waals surface area contributed by atoms with Crippen LogP contribution in [0.25, 0.3) is 0 Å². The van der Waals surface area contributed by atoms with E-state index in [9.17, 15) is 55.5 Å². The van der Waals surface area contributed by atoms with Gasteiger partial charge in [-0.2, -0.15) is 0 Å². The van der Waals surface area contributed by atoms with Crippen LogP contribution in [-0.4, -0.2) is 113 Å². The highest BCUT2D eigenvalue weighted by Crippen LogP contribution is 2.78. The number of rotatable bonds is 23. The highest BCUT2D eigenvalue weighted by Gasteiger charge is 2.72. The number of hydrogen-bond acceptors (Lipinski definition) is 10. The molecule has 0 aliphatic heterocycles. The zero-order valence-electron chi connectivity index (χ0n) is 94.0. The smallest absolute Gasteiger partial charge is 0.303 e. The van der Waals surface area contributed by atoms with Crippen molar-refractivity contribution in [2.45, 2.75) is 509 Å². The number of aliphatic hydroxyl groups is 8. The Hall–Kier alpha value is -1.38. The SMILES string of the molecule is CC[C@@H]1[C@H](O)C2C3CC[C@H]([C@H](C)CCCO)[C@@]3(C)CCC2[C@@]2(C)CCCC[C@@H]12.CC[C@H]1[C@@H](O)C2C3CC[C@H]([C@H](C)CC(=O)O)[C@@]3(C)CCC2[C@@]2(C)CCCC[C@@H]12.CC[C@H]1[C@@H](O)C2C3CC[C@H]([C@H](C)CCC(=O)O)[C@@]3(C)CCC2[C@@]2(C)CCCC[C@@H]12.CC[C@H]1[C@@H](O)C2C3CC[C@H]([C@H](C)CCO)[C@@]3(C)CCC2[C@@]2(C)CCCC[C@@H]12.CC[C@H]1[C@H](O)C2C3CC[C@H]([C@H](C)CCCO)[C@@]3(C)CCC2[C@@]2(C)CCCC[C@@H]12. The molecular weight excluding hydrogens is 1730 g/mol. The number of carbonyl (C=O) groups is 2. The monoisotopic (exact) mass is 1950 g/mol. The van der Waals surface area contributed by atoms with Crippen LogP contribution < -0.4 is 0 Å². The summed E-state index contributed by atoms with van der Waals surface area (Å²) < 4.78 is 0. The fourth-order valence-corrected chi connectivity index (χ4v) is 47.7. The maximum atomic E-state index is 11.7. The average molecular weight is 1950 g/mol. The maximum absolute atomic E-state index is 11.7. The van der Waals surface area contributed by atoms with Gasteiger partial charge in [-0.25, -0.2) is 0 Å². The van der Waals surface area contributed by atoms with E-state index in [1.165, 1.54) is 250 Å². The molecule has 0 saturated heterocycles. The van der Waals surface area contributed by atoms with Gasteiger partial charge in [-0.05, 0) is 492 Å². The molecule has 0 heterocycles. The zero-order valence-corrected chi connectivity index (χ0v) is 94.0. The van der Waals surface area contributed by atoms with Gasteiger partial charge in [0.1, 0.15) is 0 Å². The lowest BCUT2D eigenvalue weighted by Crippen LogP contribution is -2.61. The molecule has 20 aliphatic carbocycles. The molecule has 10 N–H and O–H groups in total. The lowest BCUT2D eigenvalue weighted by molar-refractivity contribution is -0.194. The Kier molecular flexibility index (Phi) is 35.3. The molecule has 140 heavy (non-hydrogen) atoms. The molecule has 0 bridgehead atoms. The van der Waals surface area contributed by atoms with Gasteiger partial charge in [-0.3, -0.25) is 9.59 Å². The summed E-state index contributed by atoms with van der Waals surface area (Å²) in [5, 5.41) is 105. The van der Waals surface area contributed by atoms with Gasteiger partial charge < -0.3 is 51.1 Å². The largest absolute Gasteiger partial charge is 0.481 e. The van der Waals surface area contributed by atoms with E-state index in [1.807, 2.05) is 0 Å². The van der Waals surface area contributed by atoms with Gasteiger partial charge >= 0.3 is 11.9 Å². The standard InChI is InChI=1S/C26H44O3.2C26H46O2.C25H42O3.C25H44O2/c1-5-17-19-8-6-7-14-25(19,3)21-13-15-26(4)18(16(2)9-12-22(27)28)10-11-20(26)23(21)24(17)29;2*1-5-18-20-10-6-7-14-25(20,3)22-13-15-26(4)19(17(2)9-8-16-27)11-12-21(26)23(22)24(18)28;1-5-16-18-8-6-7-12-24(18,3)20-11-13-25(4)17(15(2)14-21(26)27)9-10-19(25)22(20)23(16)28;1-5-17-19-8-6-7-13-24(19,3)21-11-14-25(4)18(16(2)12-15-26)9-10-20(25)22(21)23(17)27/h16-21,23-24,29H,5-15H2,1-4H3,(H,27,28);2*17-24,27-28H,5-16H2,1-4H3;15-20,22-23,28H,5-14H2,1-4H3,(H,26,27);16-23,26-27H,5-15H2,1-4H3/t16-,17-,18-,19+,20?,21?,23?,24-,25+,26-;17-,18+,19-,20+,21?,22?,23?,24+,25+,26-;17-,18-,19-,20+,21?,22?,23?,24+,25+,26-;15-,16-,17-,18+,19?,20?,22?,23-,24+,25-;16-,17-,18-,19+,20?,21?,22?,23-,24+,25-/m11111/s1. The van der Waals surface area contributed by atoms with Crippen LogP contribution in [-0.2, 0) is 9.59 Å².